The highest BCUT2D eigenvalue weighted by Gasteiger charge is 2.31. The molecule has 0 bridgehead atoms. The summed E-state index contributed by atoms with van der Waals surface area (Å²) in [6.45, 7) is 1.57. The summed E-state index contributed by atoms with van der Waals surface area (Å²) in [6.07, 6.45) is -1.45. The molecule has 8 heteroatoms. The van der Waals surface area contributed by atoms with Crippen LogP contribution in [-0.4, -0.2) is 25.6 Å². The first-order valence-electron chi connectivity index (χ1n) is 9.48. The van der Waals surface area contributed by atoms with E-state index >= 15 is 0 Å². The molecule has 0 aromatic heterocycles. The fourth-order valence-corrected chi connectivity index (χ4v) is 3.44. The number of nitrogens with one attached hydrogen (secondary N) is 1. The molecule has 0 saturated carbocycles. The van der Waals surface area contributed by atoms with Crippen LogP contribution in [0.3, 0.4) is 0 Å². The van der Waals surface area contributed by atoms with Gasteiger partial charge < -0.3 is 15.0 Å². The quantitative estimate of drug-likeness (QED) is 0.638. The van der Waals surface area contributed by atoms with Crippen molar-refractivity contribution in [2.24, 2.45) is 0 Å². The van der Waals surface area contributed by atoms with Crippen molar-refractivity contribution in [1.82, 2.24) is 0 Å². The lowest BCUT2D eigenvalue weighted by molar-refractivity contribution is -0.137. The number of piperidine rings is 1. The number of hydrogen-bond acceptors (Lipinski definition) is 3. The minimum atomic E-state index is -4.48. The van der Waals surface area contributed by atoms with E-state index in [1.807, 2.05) is 4.90 Å². The largest absolute Gasteiger partial charge is 0.491 e. The molecule has 2 aromatic rings. The summed E-state index contributed by atoms with van der Waals surface area (Å²) in [7, 11) is 0. The highest BCUT2D eigenvalue weighted by molar-refractivity contribution is 6.32. The van der Waals surface area contributed by atoms with E-state index in [9.17, 15) is 18.0 Å². The van der Waals surface area contributed by atoms with Crippen molar-refractivity contribution >= 4 is 28.9 Å². The van der Waals surface area contributed by atoms with Crippen LogP contribution >= 0.6 is 11.6 Å². The van der Waals surface area contributed by atoms with E-state index in [-0.39, 0.29) is 18.7 Å². The number of carbonyl (C=O) groups is 1. The van der Waals surface area contributed by atoms with Crippen LogP contribution in [-0.2, 0) is 11.0 Å². The molecule has 156 valence electrons. The number of halogens is 4. The van der Waals surface area contributed by atoms with Gasteiger partial charge in [-0.15, -0.1) is 0 Å². The molecule has 0 unspecified atom stereocenters. The van der Waals surface area contributed by atoms with Crippen LogP contribution < -0.4 is 15.0 Å². The normalized spacial score (nSPS) is 14.6. The van der Waals surface area contributed by atoms with E-state index < -0.39 is 17.6 Å². The molecule has 0 radical (unpaired) electrons. The Bertz CT molecular complexity index is 852. The molecular formula is C21H22ClF3N2O2. The van der Waals surface area contributed by atoms with Crippen LogP contribution in [0.5, 0.6) is 5.75 Å². The summed E-state index contributed by atoms with van der Waals surface area (Å²) >= 11 is 6.00. The number of nitrogens with zero attached hydrogens (tertiary/aromatic N) is 1. The van der Waals surface area contributed by atoms with Crippen LogP contribution in [0, 0.1) is 0 Å². The number of para-hydroxylation sites is 1. The smallest absolute Gasteiger partial charge is 0.416 e. The zero-order valence-electron chi connectivity index (χ0n) is 15.8. The van der Waals surface area contributed by atoms with E-state index in [0.717, 1.165) is 44.5 Å². The molecule has 1 saturated heterocycles. The first-order chi connectivity index (χ1) is 13.8. The van der Waals surface area contributed by atoms with Crippen molar-refractivity contribution in [3.8, 4) is 5.75 Å². The van der Waals surface area contributed by atoms with Crippen LogP contribution in [0.4, 0.5) is 24.5 Å². The fraction of sp³-hybridized carbons (Fsp3) is 0.381. The van der Waals surface area contributed by atoms with E-state index in [1.165, 1.54) is 6.07 Å². The van der Waals surface area contributed by atoms with Gasteiger partial charge in [-0.25, -0.2) is 0 Å². The number of carbonyl (C=O) groups excluding carboxylic acids is 1. The van der Waals surface area contributed by atoms with Gasteiger partial charge in [-0.1, -0.05) is 23.7 Å². The van der Waals surface area contributed by atoms with Gasteiger partial charge in [-0.05, 0) is 49.6 Å². The minimum absolute atomic E-state index is 0.0130. The topological polar surface area (TPSA) is 41.6 Å². The first kappa shape index (κ1) is 21.3. The molecule has 0 atom stereocenters. The maximum absolute atomic E-state index is 13.1. The first-order valence-corrected chi connectivity index (χ1v) is 9.86. The lowest BCUT2D eigenvalue weighted by atomic mass is 10.1. The molecule has 4 nitrogen and oxygen atoms in total. The Labute approximate surface area is 172 Å². The van der Waals surface area contributed by atoms with Gasteiger partial charge in [0.25, 0.3) is 0 Å². The molecule has 1 amide bonds. The Kier molecular flexibility index (Phi) is 6.90. The standard InChI is InChI=1S/C21H22ClF3N2O2/c22-16-6-2-3-7-19(16)29-13-10-20(28)26-17-14-15(21(23,24)25)8-9-18(17)27-11-4-1-5-12-27/h2-3,6-9,14H,1,4-5,10-13H2,(H,26,28). The predicted octanol–water partition coefficient (Wildman–Crippen LogP) is 5.76. The molecule has 0 aliphatic carbocycles. The third-order valence-electron chi connectivity index (χ3n) is 4.72. The minimum Gasteiger partial charge on any atom is -0.491 e. The molecule has 1 aliphatic rings. The zero-order valence-corrected chi connectivity index (χ0v) is 16.5. The average molecular weight is 427 g/mol. The molecular weight excluding hydrogens is 405 g/mol. The van der Waals surface area contributed by atoms with E-state index in [4.69, 9.17) is 16.3 Å². The second kappa shape index (κ2) is 9.39. The number of amides is 1. The summed E-state index contributed by atoms with van der Waals surface area (Å²) in [5, 5.41) is 3.06. The summed E-state index contributed by atoms with van der Waals surface area (Å²) in [5.41, 5.74) is -0.0107. The predicted molar refractivity (Wildman–Crippen MR) is 108 cm³/mol. The molecule has 3 rings (SSSR count). The van der Waals surface area contributed by atoms with Crippen molar-refractivity contribution in [3.63, 3.8) is 0 Å². The monoisotopic (exact) mass is 426 g/mol. The van der Waals surface area contributed by atoms with E-state index in [2.05, 4.69) is 5.32 Å². The Balaban J connectivity index is 1.69. The maximum atomic E-state index is 13.1. The Morgan fingerprint density at radius 3 is 2.52 bits per heavy atom. The van der Waals surface area contributed by atoms with Gasteiger partial charge in [0.15, 0.2) is 0 Å². The average Bonchev–Trinajstić information content (AvgIpc) is 2.69. The van der Waals surface area contributed by atoms with Gasteiger partial charge in [0.05, 0.1) is 35.0 Å². The highest BCUT2D eigenvalue weighted by Crippen LogP contribution is 2.36. The molecule has 2 aromatic carbocycles. The van der Waals surface area contributed by atoms with Crippen LogP contribution in [0.15, 0.2) is 42.5 Å². The molecule has 1 heterocycles. The molecule has 29 heavy (non-hydrogen) atoms. The summed E-state index contributed by atoms with van der Waals surface area (Å²) < 4.78 is 44.9. The van der Waals surface area contributed by atoms with E-state index in [1.54, 1.807) is 24.3 Å². The van der Waals surface area contributed by atoms with Crippen molar-refractivity contribution in [2.45, 2.75) is 31.9 Å². The van der Waals surface area contributed by atoms with Crippen LogP contribution in [0.1, 0.15) is 31.2 Å². The lowest BCUT2D eigenvalue weighted by Gasteiger charge is -2.31. The fourth-order valence-electron chi connectivity index (χ4n) is 3.25. The Morgan fingerprint density at radius 1 is 1.10 bits per heavy atom. The van der Waals surface area contributed by atoms with Crippen molar-refractivity contribution in [2.75, 3.05) is 29.9 Å². The summed E-state index contributed by atoms with van der Waals surface area (Å²) in [4.78, 5) is 14.4. The third kappa shape index (κ3) is 5.79. The zero-order chi connectivity index (χ0) is 20.9. The number of hydrogen-bond donors (Lipinski definition) is 1. The highest BCUT2D eigenvalue weighted by atomic mass is 35.5. The van der Waals surface area contributed by atoms with Crippen LogP contribution in [0.2, 0.25) is 5.02 Å². The Hall–Kier alpha value is -2.41. The van der Waals surface area contributed by atoms with E-state index in [0.29, 0.717) is 16.5 Å². The van der Waals surface area contributed by atoms with Crippen molar-refractivity contribution in [1.29, 1.82) is 0 Å². The Morgan fingerprint density at radius 2 is 1.83 bits per heavy atom. The number of alkyl halides is 3. The molecule has 1 aliphatic heterocycles. The number of ether oxygens (including phenoxy) is 1. The second-order valence-corrected chi connectivity index (χ2v) is 7.26. The molecule has 1 N–H and O–H groups in total. The lowest BCUT2D eigenvalue weighted by Crippen LogP contribution is -2.30. The van der Waals surface area contributed by atoms with Crippen LogP contribution in [0.25, 0.3) is 0 Å². The van der Waals surface area contributed by atoms with Gasteiger partial charge in [-0.2, -0.15) is 13.2 Å². The van der Waals surface area contributed by atoms with Gasteiger partial charge in [0.2, 0.25) is 5.91 Å². The van der Waals surface area contributed by atoms with Gasteiger partial charge >= 0.3 is 6.18 Å². The number of anilines is 2. The summed E-state index contributed by atoms with van der Waals surface area (Å²) in [6, 6.07) is 10.4. The van der Waals surface area contributed by atoms with Crippen molar-refractivity contribution in [3.05, 3.63) is 53.1 Å². The van der Waals surface area contributed by atoms with Gasteiger partial charge in [-0.3, -0.25) is 4.79 Å². The van der Waals surface area contributed by atoms with Gasteiger partial charge in [0, 0.05) is 13.1 Å². The maximum Gasteiger partial charge on any atom is 0.416 e. The molecule has 0 spiro atoms. The van der Waals surface area contributed by atoms with Gasteiger partial charge in [0.1, 0.15) is 5.75 Å². The molecule has 1 fully saturated rings. The van der Waals surface area contributed by atoms with Crippen molar-refractivity contribution < 1.29 is 22.7 Å². The SMILES string of the molecule is O=C(CCOc1ccccc1Cl)Nc1cc(C(F)(F)F)ccc1N1CCCCC1. The second-order valence-electron chi connectivity index (χ2n) is 6.85. The number of rotatable bonds is 6. The third-order valence-corrected chi connectivity index (χ3v) is 5.03. The number of benzene rings is 2. The summed E-state index contributed by atoms with van der Waals surface area (Å²) in [5.74, 6) is 0.0321.